The standard InChI is InChI=1S/C20H26N2O3S/c1-14(2)13-21-20(23)17-6-5-7-19(12-17)26(24,25)22-18-10-8-16(9-11-18)15(3)4/h5-12,14-15,22H,13H2,1-4H3,(H,21,23). The van der Waals surface area contributed by atoms with E-state index >= 15 is 0 Å². The Labute approximate surface area is 155 Å². The molecule has 0 aliphatic carbocycles. The highest BCUT2D eigenvalue weighted by molar-refractivity contribution is 7.92. The smallest absolute Gasteiger partial charge is 0.261 e. The number of hydrogen-bond acceptors (Lipinski definition) is 3. The summed E-state index contributed by atoms with van der Waals surface area (Å²) in [6.45, 7) is 8.69. The first-order chi connectivity index (χ1) is 12.2. The molecule has 1 amide bonds. The Bertz CT molecular complexity index is 857. The van der Waals surface area contributed by atoms with Crippen molar-refractivity contribution in [1.29, 1.82) is 0 Å². The molecule has 0 aromatic heterocycles. The van der Waals surface area contributed by atoms with Crippen molar-refractivity contribution < 1.29 is 13.2 Å². The first-order valence-electron chi connectivity index (χ1n) is 8.70. The number of anilines is 1. The van der Waals surface area contributed by atoms with Crippen molar-refractivity contribution in [2.45, 2.75) is 38.5 Å². The van der Waals surface area contributed by atoms with E-state index in [1.807, 2.05) is 26.0 Å². The van der Waals surface area contributed by atoms with Crippen LogP contribution in [0.3, 0.4) is 0 Å². The van der Waals surface area contributed by atoms with Crippen molar-refractivity contribution in [1.82, 2.24) is 5.32 Å². The van der Waals surface area contributed by atoms with Crippen molar-refractivity contribution in [3.63, 3.8) is 0 Å². The predicted octanol–water partition coefficient (Wildman–Crippen LogP) is 4.00. The predicted molar refractivity (Wildman–Crippen MR) is 105 cm³/mol. The van der Waals surface area contributed by atoms with E-state index in [0.29, 0.717) is 29.6 Å². The van der Waals surface area contributed by atoms with Crippen LogP contribution in [0, 0.1) is 5.92 Å². The van der Waals surface area contributed by atoms with Gasteiger partial charge in [0.25, 0.3) is 15.9 Å². The van der Waals surface area contributed by atoms with Gasteiger partial charge >= 0.3 is 0 Å². The van der Waals surface area contributed by atoms with Gasteiger partial charge in [0.2, 0.25) is 0 Å². The maximum atomic E-state index is 12.6. The minimum absolute atomic E-state index is 0.0580. The molecule has 0 atom stereocenters. The van der Waals surface area contributed by atoms with Crippen molar-refractivity contribution in [3.8, 4) is 0 Å². The zero-order chi connectivity index (χ0) is 19.3. The molecular formula is C20H26N2O3S. The van der Waals surface area contributed by atoms with E-state index in [0.717, 1.165) is 5.56 Å². The molecule has 0 saturated carbocycles. The zero-order valence-corrected chi connectivity index (χ0v) is 16.4. The summed E-state index contributed by atoms with van der Waals surface area (Å²) in [5.74, 6) is 0.417. The molecular weight excluding hydrogens is 348 g/mol. The largest absolute Gasteiger partial charge is 0.352 e. The molecule has 0 radical (unpaired) electrons. The molecule has 0 unspecified atom stereocenters. The summed E-state index contributed by atoms with van der Waals surface area (Å²) in [5, 5.41) is 2.79. The fraction of sp³-hybridized carbons (Fsp3) is 0.350. The van der Waals surface area contributed by atoms with Crippen molar-refractivity contribution >= 4 is 21.6 Å². The van der Waals surface area contributed by atoms with E-state index in [1.165, 1.54) is 12.1 Å². The molecule has 0 aliphatic heterocycles. The lowest BCUT2D eigenvalue weighted by Gasteiger charge is -2.12. The van der Waals surface area contributed by atoms with Crippen molar-refractivity contribution in [2.75, 3.05) is 11.3 Å². The first kappa shape index (κ1) is 20.0. The number of carbonyl (C=O) groups excluding carboxylic acids is 1. The van der Waals surface area contributed by atoms with E-state index in [-0.39, 0.29) is 10.8 Å². The lowest BCUT2D eigenvalue weighted by molar-refractivity contribution is 0.0949. The van der Waals surface area contributed by atoms with Gasteiger partial charge in [-0.15, -0.1) is 0 Å². The summed E-state index contributed by atoms with van der Waals surface area (Å²) < 4.78 is 27.8. The maximum absolute atomic E-state index is 12.6. The summed E-state index contributed by atoms with van der Waals surface area (Å²) in [6.07, 6.45) is 0. The van der Waals surface area contributed by atoms with E-state index in [9.17, 15) is 13.2 Å². The Morgan fingerprint density at radius 3 is 2.23 bits per heavy atom. The highest BCUT2D eigenvalue weighted by atomic mass is 32.2. The molecule has 0 aliphatic rings. The number of amides is 1. The number of benzene rings is 2. The van der Waals surface area contributed by atoms with Crippen LogP contribution in [0.2, 0.25) is 0 Å². The molecule has 2 N–H and O–H groups in total. The van der Waals surface area contributed by atoms with Gasteiger partial charge in [0.15, 0.2) is 0 Å². The molecule has 0 heterocycles. The van der Waals surface area contributed by atoms with E-state index in [4.69, 9.17) is 0 Å². The minimum Gasteiger partial charge on any atom is -0.352 e. The molecule has 6 heteroatoms. The van der Waals surface area contributed by atoms with Gasteiger partial charge in [0.05, 0.1) is 4.90 Å². The van der Waals surface area contributed by atoms with Gasteiger partial charge in [-0.2, -0.15) is 0 Å². The van der Waals surface area contributed by atoms with Crippen LogP contribution >= 0.6 is 0 Å². The number of sulfonamides is 1. The van der Waals surface area contributed by atoms with Gasteiger partial charge in [-0.05, 0) is 47.7 Å². The van der Waals surface area contributed by atoms with Crippen LogP contribution < -0.4 is 10.0 Å². The SMILES string of the molecule is CC(C)CNC(=O)c1cccc(S(=O)(=O)Nc2ccc(C(C)C)cc2)c1. The Balaban J connectivity index is 2.18. The fourth-order valence-corrected chi connectivity index (χ4v) is 3.46. The normalized spacial score (nSPS) is 11.6. The van der Waals surface area contributed by atoms with Crippen LogP contribution in [0.4, 0.5) is 5.69 Å². The van der Waals surface area contributed by atoms with Gasteiger partial charge in [0.1, 0.15) is 0 Å². The van der Waals surface area contributed by atoms with Crippen LogP contribution in [0.25, 0.3) is 0 Å². The quantitative estimate of drug-likeness (QED) is 0.769. The monoisotopic (exact) mass is 374 g/mol. The van der Waals surface area contributed by atoms with Crippen LogP contribution in [0.1, 0.15) is 49.5 Å². The molecule has 5 nitrogen and oxygen atoms in total. The minimum atomic E-state index is -3.76. The lowest BCUT2D eigenvalue weighted by atomic mass is 10.0. The highest BCUT2D eigenvalue weighted by Crippen LogP contribution is 2.20. The summed E-state index contributed by atoms with van der Waals surface area (Å²) in [7, 11) is -3.76. The van der Waals surface area contributed by atoms with Crippen molar-refractivity contribution in [3.05, 3.63) is 59.7 Å². The third-order valence-corrected chi connectivity index (χ3v) is 5.29. The average Bonchev–Trinajstić information content (AvgIpc) is 2.60. The second kappa shape index (κ2) is 8.36. The number of nitrogens with one attached hydrogen (secondary N) is 2. The van der Waals surface area contributed by atoms with Gasteiger partial charge in [-0.25, -0.2) is 8.42 Å². The molecule has 2 rings (SSSR count). The van der Waals surface area contributed by atoms with Crippen LogP contribution in [-0.4, -0.2) is 20.9 Å². The van der Waals surface area contributed by atoms with Gasteiger partial charge in [0, 0.05) is 17.8 Å². The Kier molecular flexibility index (Phi) is 6.42. The van der Waals surface area contributed by atoms with Gasteiger partial charge < -0.3 is 5.32 Å². The Hall–Kier alpha value is -2.34. The molecule has 0 bridgehead atoms. The zero-order valence-electron chi connectivity index (χ0n) is 15.6. The second-order valence-corrected chi connectivity index (χ2v) is 8.70. The summed E-state index contributed by atoms with van der Waals surface area (Å²) in [6, 6.07) is 13.3. The summed E-state index contributed by atoms with van der Waals surface area (Å²) in [4.78, 5) is 12.2. The molecule has 0 spiro atoms. The molecule has 2 aromatic carbocycles. The van der Waals surface area contributed by atoms with Crippen molar-refractivity contribution in [2.24, 2.45) is 5.92 Å². The number of rotatable bonds is 7. The molecule has 140 valence electrons. The van der Waals surface area contributed by atoms with Crippen LogP contribution in [0.15, 0.2) is 53.4 Å². The van der Waals surface area contributed by atoms with Crippen LogP contribution in [-0.2, 0) is 10.0 Å². The fourth-order valence-electron chi connectivity index (χ4n) is 2.35. The van der Waals surface area contributed by atoms with E-state index in [1.54, 1.807) is 24.3 Å². The molecule has 2 aromatic rings. The van der Waals surface area contributed by atoms with Crippen LogP contribution in [0.5, 0.6) is 0 Å². The third kappa shape index (κ3) is 5.33. The molecule has 26 heavy (non-hydrogen) atoms. The van der Waals surface area contributed by atoms with Gasteiger partial charge in [-0.1, -0.05) is 45.9 Å². The molecule has 0 saturated heterocycles. The first-order valence-corrected chi connectivity index (χ1v) is 10.2. The third-order valence-electron chi connectivity index (χ3n) is 3.91. The number of hydrogen-bond donors (Lipinski definition) is 2. The molecule has 0 fully saturated rings. The maximum Gasteiger partial charge on any atom is 0.261 e. The number of carbonyl (C=O) groups is 1. The summed E-state index contributed by atoms with van der Waals surface area (Å²) >= 11 is 0. The van der Waals surface area contributed by atoms with E-state index in [2.05, 4.69) is 23.9 Å². The lowest BCUT2D eigenvalue weighted by Crippen LogP contribution is -2.27. The van der Waals surface area contributed by atoms with Gasteiger partial charge in [-0.3, -0.25) is 9.52 Å². The van der Waals surface area contributed by atoms with E-state index < -0.39 is 10.0 Å². The summed E-state index contributed by atoms with van der Waals surface area (Å²) in [5.41, 5.74) is 1.95. The second-order valence-electron chi connectivity index (χ2n) is 7.01. The average molecular weight is 375 g/mol. The topological polar surface area (TPSA) is 75.3 Å². The Morgan fingerprint density at radius 1 is 1.00 bits per heavy atom. The highest BCUT2D eigenvalue weighted by Gasteiger charge is 2.17. The Morgan fingerprint density at radius 2 is 1.65 bits per heavy atom.